The third kappa shape index (κ3) is 23.2. The Kier molecular flexibility index (Phi) is 50.6. The van der Waals surface area contributed by atoms with Crippen molar-refractivity contribution in [3.8, 4) is 0 Å². The molecule has 0 bridgehead atoms. The van der Waals surface area contributed by atoms with E-state index in [4.69, 9.17) is 10.2 Å². The summed E-state index contributed by atoms with van der Waals surface area (Å²) < 4.78 is 0. The van der Waals surface area contributed by atoms with Crippen LogP contribution in [-0.4, -0.2) is 39.6 Å². The first-order chi connectivity index (χ1) is 2.64. The van der Waals surface area contributed by atoms with Crippen molar-refractivity contribution in [2.24, 2.45) is 0 Å². The molecule has 0 aromatic rings. The predicted octanol–water partition coefficient (Wildman–Crippen LogP) is -9.92. The van der Waals surface area contributed by atoms with Crippen LogP contribution in [0.4, 0.5) is 0 Å². The maximum absolute atomic E-state index is 9.45. The molecule has 0 aromatic heterocycles. The molecule has 0 spiro atoms. The van der Waals surface area contributed by atoms with Gasteiger partial charge in [-0.25, -0.2) is 4.79 Å². The number of aliphatic hydroxyl groups excluding tert-OH is 1. The molecular weight excluding hydrogens is 217 g/mol. The normalized spacial score (nSPS) is 8.20. The van der Waals surface area contributed by atoms with Gasteiger partial charge in [0, 0.05) is 0 Å². The third-order valence-electron chi connectivity index (χ3n) is 0.357. The van der Waals surface area contributed by atoms with Gasteiger partial charge in [-0.05, 0) is 6.92 Å². The summed E-state index contributed by atoms with van der Waals surface area (Å²) in [6.45, 7) is 1.20. The van der Waals surface area contributed by atoms with Crippen LogP contribution in [0.2, 0.25) is 0 Å². The average molecular weight is 223 g/mol. The zero-order chi connectivity index (χ0) is 5.15. The molecule has 0 fully saturated rings. The first-order valence-electron chi connectivity index (χ1n) is 1.55. The van der Waals surface area contributed by atoms with E-state index in [1.165, 1.54) is 6.92 Å². The van der Waals surface area contributed by atoms with Crippen molar-refractivity contribution < 1.29 is 52.2 Å². The zero-order valence-electron chi connectivity index (χ0n) is 5.09. The molecule has 3 nitrogen and oxygen atoms in total. The second-order valence-corrected chi connectivity index (χ2v) is 1.01. The molecule has 0 heterocycles. The van der Waals surface area contributed by atoms with Crippen LogP contribution in [0.15, 0.2) is 0 Å². The van der Waals surface area contributed by atoms with Crippen LogP contribution in [0.3, 0.4) is 0 Å². The summed E-state index contributed by atoms with van der Waals surface area (Å²) in [6, 6.07) is 0. The fraction of sp³-hybridized carbons (Fsp3) is 0.667. The Hall–Kier alpha value is 0.832. The van der Waals surface area contributed by atoms with Gasteiger partial charge in [0.1, 0.15) is 6.10 Å². The molecule has 60 valence electrons. The van der Waals surface area contributed by atoms with Gasteiger partial charge in [0.25, 0.3) is 0 Å². The Morgan fingerprint density at radius 1 is 1.30 bits per heavy atom. The van der Waals surface area contributed by atoms with Crippen molar-refractivity contribution in [2.75, 3.05) is 0 Å². The van der Waals surface area contributed by atoms with Gasteiger partial charge < -0.3 is 47.4 Å². The molecule has 0 aliphatic carbocycles. The quantitative estimate of drug-likeness (QED) is 0.434. The molecule has 0 aliphatic rings. The monoisotopic (exact) mass is 222 g/mol. The van der Waals surface area contributed by atoms with E-state index in [0.29, 0.717) is 0 Å². The summed E-state index contributed by atoms with van der Waals surface area (Å²) in [5, 5.41) is 15.8. The second kappa shape index (κ2) is 16.4. The number of hydrogen-bond acceptors (Lipinski definition) is 2. The number of carboxylic acids is 1. The predicted molar refractivity (Wildman–Crippen MR) is 25.1 cm³/mol. The Morgan fingerprint density at radius 2 is 1.40 bits per heavy atom. The molecule has 0 saturated heterocycles. The van der Waals surface area contributed by atoms with Crippen molar-refractivity contribution >= 4 is 23.3 Å². The molecule has 2 N–H and O–H groups in total. The van der Waals surface area contributed by atoms with Crippen LogP contribution < -0.4 is 37.2 Å². The van der Waals surface area contributed by atoms with E-state index in [1.54, 1.807) is 0 Å². The Labute approximate surface area is 88.6 Å². The summed E-state index contributed by atoms with van der Waals surface area (Å²) in [7, 11) is 0. The first kappa shape index (κ1) is 30.8. The van der Waals surface area contributed by atoms with Crippen LogP contribution in [-0.2, 0) is 4.79 Å². The van der Waals surface area contributed by atoms with E-state index in [1.807, 2.05) is 0 Å². The van der Waals surface area contributed by atoms with Gasteiger partial charge in [0.15, 0.2) is 0 Å². The van der Waals surface area contributed by atoms with Gasteiger partial charge in [-0.2, -0.15) is 0 Å². The van der Waals surface area contributed by atoms with E-state index >= 15 is 0 Å². The van der Waals surface area contributed by atoms with Crippen molar-refractivity contribution in [1.29, 1.82) is 0 Å². The summed E-state index contributed by atoms with van der Waals surface area (Å²) in [5.41, 5.74) is 0. The minimum Gasteiger partial charge on any atom is -1.00 e. The number of aliphatic hydroxyl groups is 1. The largest absolute Gasteiger partial charge is 3.00 e. The van der Waals surface area contributed by atoms with Crippen LogP contribution in [0, 0.1) is 0 Å². The third-order valence-corrected chi connectivity index (χ3v) is 0.357. The second-order valence-electron chi connectivity index (χ2n) is 1.01. The fourth-order valence-corrected chi connectivity index (χ4v) is 0. The van der Waals surface area contributed by atoms with E-state index in [2.05, 4.69) is 0 Å². The number of halogens is 3. The van der Waals surface area contributed by atoms with Crippen molar-refractivity contribution in [2.45, 2.75) is 13.0 Å². The van der Waals surface area contributed by atoms with E-state index < -0.39 is 12.1 Å². The van der Waals surface area contributed by atoms with Gasteiger partial charge in [0.2, 0.25) is 0 Å². The smallest absolute Gasteiger partial charge is 1.00 e. The maximum Gasteiger partial charge on any atom is 3.00 e. The molecule has 0 aliphatic heterocycles. The molecule has 1 unspecified atom stereocenters. The van der Waals surface area contributed by atoms with E-state index in [-0.39, 0.29) is 54.6 Å². The van der Waals surface area contributed by atoms with Gasteiger partial charge in [-0.1, -0.05) is 0 Å². The standard InChI is InChI=1S/C3H6O3.Al.3ClH/c1-2(4)3(5)6;;;;/h2,4H,1H3,(H,5,6);;3*1H/q;+3;;;/p-3. The molecule has 0 aromatic carbocycles. The van der Waals surface area contributed by atoms with Crippen molar-refractivity contribution in [3.05, 3.63) is 0 Å². The first-order valence-corrected chi connectivity index (χ1v) is 1.55. The molecule has 0 radical (unpaired) electrons. The fourth-order valence-electron chi connectivity index (χ4n) is 0. The summed E-state index contributed by atoms with van der Waals surface area (Å²) in [6.07, 6.45) is -1.23. The Morgan fingerprint density at radius 3 is 1.40 bits per heavy atom. The minimum atomic E-state index is -1.23. The molecule has 0 rings (SSSR count). The van der Waals surface area contributed by atoms with Crippen LogP contribution in [0.5, 0.6) is 0 Å². The molecule has 0 amide bonds. The Balaban J connectivity index is -0.0000000208. The summed E-state index contributed by atoms with van der Waals surface area (Å²) in [4.78, 5) is 9.45. The van der Waals surface area contributed by atoms with Gasteiger partial charge in [0.05, 0.1) is 0 Å². The van der Waals surface area contributed by atoms with Crippen molar-refractivity contribution in [3.63, 3.8) is 0 Å². The number of rotatable bonds is 1. The van der Waals surface area contributed by atoms with Gasteiger partial charge >= 0.3 is 23.3 Å². The zero-order valence-corrected chi connectivity index (χ0v) is 8.51. The summed E-state index contributed by atoms with van der Waals surface area (Å²) in [5.74, 6) is -1.19. The van der Waals surface area contributed by atoms with Gasteiger partial charge in [-0.3, -0.25) is 0 Å². The van der Waals surface area contributed by atoms with E-state index in [0.717, 1.165) is 0 Å². The number of hydrogen-bond donors (Lipinski definition) is 2. The molecular formula is C3H6AlCl3O3. The Bertz CT molecular complexity index is 70.0. The number of aliphatic carboxylic acids is 1. The maximum atomic E-state index is 9.45. The molecule has 1 atom stereocenters. The molecule has 7 heteroatoms. The van der Waals surface area contributed by atoms with Crippen LogP contribution in [0.25, 0.3) is 0 Å². The van der Waals surface area contributed by atoms with Crippen LogP contribution >= 0.6 is 0 Å². The summed E-state index contributed by atoms with van der Waals surface area (Å²) >= 11 is 0. The SMILES string of the molecule is CC(O)C(=O)O.[Al+3].[Cl-].[Cl-].[Cl-]. The van der Waals surface area contributed by atoms with Gasteiger partial charge in [-0.15, -0.1) is 0 Å². The number of carboxylic acid groups (broad SMARTS) is 1. The molecule has 10 heavy (non-hydrogen) atoms. The number of carbonyl (C=O) groups is 1. The van der Waals surface area contributed by atoms with Crippen LogP contribution in [0.1, 0.15) is 6.92 Å². The topological polar surface area (TPSA) is 57.5 Å². The van der Waals surface area contributed by atoms with Crippen molar-refractivity contribution in [1.82, 2.24) is 0 Å². The van der Waals surface area contributed by atoms with E-state index in [9.17, 15) is 4.79 Å². The molecule has 0 saturated carbocycles. The minimum absolute atomic E-state index is 0. The average Bonchev–Trinajstić information content (AvgIpc) is 1.36.